The predicted molar refractivity (Wildman–Crippen MR) is 92.4 cm³/mol. The molecule has 1 aliphatic heterocycles. The lowest BCUT2D eigenvalue weighted by Gasteiger charge is -2.12. The molecule has 0 unspecified atom stereocenters. The van der Waals surface area contributed by atoms with Gasteiger partial charge >= 0.3 is 0 Å². The summed E-state index contributed by atoms with van der Waals surface area (Å²) in [5, 5.41) is 4.19. The molecule has 0 bridgehead atoms. The zero-order chi connectivity index (χ0) is 15.8. The number of aromatic nitrogens is 3. The summed E-state index contributed by atoms with van der Waals surface area (Å²) < 4.78 is 6.81. The van der Waals surface area contributed by atoms with Gasteiger partial charge in [-0.3, -0.25) is 0 Å². The van der Waals surface area contributed by atoms with Crippen LogP contribution < -0.4 is 15.8 Å². The minimum absolute atomic E-state index is 0.445. The molecule has 0 fully saturated rings. The molecule has 4 rings (SSSR count). The fraction of sp³-hybridized carbons (Fsp3) is 0.188. The standard InChI is InChI=1S/C16H14BrN5O/c17-11-5-9-3-4-23-14(9)10(6-11)7-19-15-12-1-2-13(18)22-16(12)21-8-20-15/h1-2,5-6,8H,3-4,7H2,(H3,18,19,20,21,22). The third-order valence-electron chi connectivity index (χ3n) is 3.79. The lowest BCUT2D eigenvalue weighted by Crippen LogP contribution is -2.05. The van der Waals surface area contributed by atoms with Crippen molar-refractivity contribution >= 4 is 38.6 Å². The van der Waals surface area contributed by atoms with Gasteiger partial charge in [0.25, 0.3) is 0 Å². The first-order chi connectivity index (χ1) is 11.2. The second-order valence-electron chi connectivity index (χ2n) is 5.33. The van der Waals surface area contributed by atoms with Gasteiger partial charge in [-0.1, -0.05) is 15.9 Å². The second-order valence-corrected chi connectivity index (χ2v) is 6.25. The molecule has 0 aliphatic carbocycles. The van der Waals surface area contributed by atoms with Gasteiger partial charge in [0, 0.05) is 23.0 Å². The molecule has 7 heteroatoms. The van der Waals surface area contributed by atoms with Crippen LogP contribution in [0.4, 0.5) is 11.6 Å². The molecule has 6 nitrogen and oxygen atoms in total. The first-order valence-corrected chi connectivity index (χ1v) is 8.05. The number of ether oxygens (including phenoxy) is 1. The topological polar surface area (TPSA) is 86.0 Å². The molecule has 0 amide bonds. The highest BCUT2D eigenvalue weighted by Gasteiger charge is 2.17. The smallest absolute Gasteiger partial charge is 0.166 e. The molecule has 1 aliphatic rings. The zero-order valence-electron chi connectivity index (χ0n) is 12.2. The van der Waals surface area contributed by atoms with E-state index in [-0.39, 0.29) is 0 Å². The van der Waals surface area contributed by atoms with Gasteiger partial charge in [-0.25, -0.2) is 15.0 Å². The van der Waals surface area contributed by atoms with Crippen LogP contribution in [0, 0.1) is 0 Å². The van der Waals surface area contributed by atoms with Crippen molar-refractivity contribution in [1.29, 1.82) is 0 Å². The van der Waals surface area contributed by atoms with Crippen LogP contribution in [0.25, 0.3) is 11.0 Å². The van der Waals surface area contributed by atoms with Crippen LogP contribution in [0.5, 0.6) is 5.75 Å². The predicted octanol–water partition coefficient (Wildman–Crippen LogP) is 2.92. The molecule has 3 N–H and O–H groups in total. The number of nitrogen functional groups attached to an aromatic ring is 1. The van der Waals surface area contributed by atoms with E-state index in [0.717, 1.165) is 40.0 Å². The van der Waals surface area contributed by atoms with Gasteiger partial charge in [-0.2, -0.15) is 0 Å². The van der Waals surface area contributed by atoms with E-state index in [1.807, 2.05) is 6.07 Å². The molecule has 3 aromatic rings. The van der Waals surface area contributed by atoms with Crippen LogP contribution >= 0.6 is 15.9 Å². The molecule has 2 aromatic heterocycles. The van der Waals surface area contributed by atoms with Gasteiger partial charge in [-0.15, -0.1) is 0 Å². The van der Waals surface area contributed by atoms with Crippen LogP contribution in [0.2, 0.25) is 0 Å². The number of nitrogens with one attached hydrogen (secondary N) is 1. The maximum Gasteiger partial charge on any atom is 0.166 e. The Morgan fingerprint density at radius 3 is 3.09 bits per heavy atom. The van der Waals surface area contributed by atoms with Crippen LogP contribution in [0.15, 0.2) is 35.1 Å². The first kappa shape index (κ1) is 14.2. The summed E-state index contributed by atoms with van der Waals surface area (Å²) >= 11 is 3.56. The van der Waals surface area contributed by atoms with E-state index in [1.165, 1.54) is 11.9 Å². The molecule has 0 saturated heterocycles. The van der Waals surface area contributed by atoms with Crippen LogP contribution in [0.1, 0.15) is 11.1 Å². The monoisotopic (exact) mass is 371 g/mol. The van der Waals surface area contributed by atoms with Gasteiger partial charge < -0.3 is 15.8 Å². The minimum Gasteiger partial charge on any atom is -0.493 e. The summed E-state index contributed by atoms with van der Waals surface area (Å²) in [7, 11) is 0. The normalized spacial score (nSPS) is 12.9. The number of anilines is 2. The molecule has 1 aromatic carbocycles. The van der Waals surface area contributed by atoms with Gasteiger partial charge in [0.15, 0.2) is 5.65 Å². The summed E-state index contributed by atoms with van der Waals surface area (Å²) in [5.41, 5.74) is 8.62. The third-order valence-corrected chi connectivity index (χ3v) is 4.25. The number of hydrogen-bond acceptors (Lipinski definition) is 6. The van der Waals surface area contributed by atoms with Crippen molar-refractivity contribution in [3.8, 4) is 5.75 Å². The Morgan fingerprint density at radius 1 is 1.26 bits per heavy atom. The molecule has 0 radical (unpaired) electrons. The van der Waals surface area contributed by atoms with Crippen LogP contribution in [-0.4, -0.2) is 21.6 Å². The quantitative estimate of drug-likeness (QED) is 0.735. The van der Waals surface area contributed by atoms with Crippen molar-refractivity contribution in [1.82, 2.24) is 15.0 Å². The number of fused-ring (bicyclic) bond motifs is 2. The number of nitrogens with zero attached hydrogens (tertiary/aromatic N) is 3. The molecule has 116 valence electrons. The molecule has 23 heavy (non-hydrogen) atoms. The summed E-state index contributed by atoms with van der Waals surface area (Å²) in [6.07, 6.45) is 2.43. The second kappa shape index (κ2) is 5.66. The summed E-state index contributed by atoms with van der Waals surface area (Å²) in [6, 6.07) is 7.80. The largest absolute Gasteiger partial charge is 0.493 e. The van der Waals surface area contributed by atoms with Gasteiger partial charge in [0.05, 0.1) is 12.0 Å². The van der Waals surface area contributed by atoms with Crippen molar-refractivity contribution in [3.63, 3.8) is 0 Å². The van der Waals surface area contributed by atoms with E-state index >= 15 is 0 Å². The van der Waals surface area contributed by atoms with E-state index in [4.69, 9.17) is 10.5 Å². The molecular formula is C16H14BrN5O. The van der Waals surface area contributed by atoms with E-state index in [0.29, 0.717) is 18.0 Å². The summed E-state index contributed by atoms with van der Waals surface area (Å²) in [4.78, 5) is 12.7. The number of hydrogen-bond donors (Lipinski definition) is 2. The van der Waals surface area contributed by atoms with Crippen molar-refractivity contribution in [2.24, 2.45) is 0 Å². The van der Waals surface area contributed by atoms with Crippen molar-refractivity contribution < 1.29 is 4.74 Å². The average molecular weight is 372 g/mol. The van der Waals surface area contributed by atoms with Gasteiger partial charge in [-0.05, 0) is 29.8 Å². The maximum atomic E-state index is 5.75. The Morgan fingerprint density at radius 2 is 2.17 bits per heavy atom. The first-order valence-electron chi connectivity index (χ1n) is 7.26. The molecular weight excluding hydrogens is 358 g/mol. The third kappa shape index (κ3) is 2.68. The minimum atomic E-state index is 0.445. The van der Waals surface area contributed by atoms with Crippen molar-refractivity contribution in [3.05, 3.63) is 46.2 Å². The van der Waals surface area contributed by atoms with E-state index in [9.17, 15) is 0 Å². The highest BCUT2D eigenvalue weighted by Crippen LogP contribution is 2.33. The SMILES string of the molecule is Nc1ccc2c(NCc3cc(Br)cc4c3OCC4)ncnc2n1. The number of halogens is 1. The number of pyridine rings is 1. The van der Waals surface area contributed by atoms with Crippen LogP contribution in [0.3, 0.4) is 0 Å². The zero-order valence-corrected chi connectivity index (χ0v) is 13.8. The Hall–Kier alpha value is -2.41. The molecule has 0 atom stereocenters. The van der Waals surface area contributed by atoms with E-state index in [1.54, 1.807) is 6.07 Å². The highest BCUT2D eigenvalue weighted by atomic mass is 79.9. The fourth-order valence-corrected chi connectivity index (χ4v) is 3.31. The van der Waals surface area contributed by atoms with Gasteiger partial charge in [0.1, 0.15) is 23.7 Å². The van der Waals surface area contributed by atoms with Crippen LogP contribution in [-0.2, 0) is 13.0 Å². The van der Waals surface area contributed by atoms with Crippen molar-refractivity contribution in [2.75, 3.05) is 17.7 Å². The van der Waals surface area contributed by atoms with E-state index in [2.05, 4.69) is 48.3 Å². The number of benzene rings is 1. The lowest BCUT2D eigenvalue weighted by molar-refractivity contribution is 0.354. The molecule has 0 spiro atoms. The van der Waals surface area contributed by atoms with Crippen molar-refractivity contribution in [2.45, 2.75) is 13.0 Å². The Labute approximate surface area is 141 Å². The molecule has 0 saturated carbocycles. The average Bonchev–Trinajstić information content (AvgIpc) is 3.00. The molecule has 3 heterocycles. The lowest BCUT2D eigenvalue weighted by atomic mass is 10.1. The van der Waals surface area contributed by atoms with Gasteiger partial charge in [0.2, 0.25) is 0 Å². The Balaban J connectivity index is 1.66. The Bertz CT molecular complexity index is 899. The van der Waals surface area contributed by atoms with E-state index < -0.39 is 0 Å². The highest BCUT2D eigenvalue weighted by molar-refractivity contribution is 9.10. The number of nitrogens with two attached hydrogens (primary N) is 1. The summed E-state index contributed by atoms with van der Waals surface area (Å²) in [5.74, 6) is 2.15. The fourth-order valence-electron chi connectivity index (χ4n) is 2.75. The maximum absolute atomic E-state index is 5.75. The number of rotatable bonds is 3. The summed E-state index contributed by atoms with van der Waals surface area (Å²) in [6.45, 7) is 1.34. The Kier molecular flexibility index (Phi) is 3.49.